The Hall–Kier alpha value is -2.26. The topological polar surface area (TPSA) is 80.8 Å². The highest BCUT2D eigenvalue weighted by Gasteiger charge is 2.28. The molecule has 0 aliphatic carbocycles. The Morgan fingerprint density at radius 3 is 2.23 bits per heavy atom. The maximum absolute atomic E-state index is 6.36. The first-order valence-corrected chi connectivity index (χ1v) is 16.5. The first kappa shape index (κ1) is 36.2. The quantitative estimate of drug-likeness (QED) is 0.182. The molecule has 0 unspecified atom stereocenters. The molecule has 1 aliphatic rings. The summed E-state index contributed by atoms with van der Waals surface area (Å²) in [5, 5.41) is 7.31. The molecule has 8 heteroatoms. The molecule has 8 nitrogen and oxygen atoms in total. The van der Waals surface area contributed by atoms with Crippen LogP contribution in [-0.2, 0) is 9.47 Å². The Morgan fingerprint density at radius 1 is 0.864 bits per heavy atom. The maximum Gasteiger partial charge on any atom is 0.144 e. The number of hydrogen-bond donors (Lipinski definition) is 2. The van der Waals surface area contributed by atoms with Gasteiger partial charge in [-0.2, -0.15) is 0 Å². The van der Waals surface area contributed by atoms with Gasteiger partial charge < -0.3 is 24.8 Å². The highest BCUT2D eigenvalue weighted by molar-refractivity contribution is 5.60. The van der Waals surface area contributed by atoms with Crippen molar-refractivity contribution in [3.8, 4) is 17.0 Å². The van der Waals surface area contributed by atoms with Crippen LogP contribution in [0.25, 0.3) is 11.3 Å². The summed E-state index contributed by atoms with van der Waals surface area (Å²) in [6.07, 6.45) is 7.63. The van der Waals surface area contributed by atoms with Gasteiger partial charge in [-0.3, -0.25) is 9.88 Å². The molecule has 3 rings (SSSR count). The Morgan fingerprint density at radius 2 is 1.59 bits per heavy atom. The van der Waals surface area contributed by atoms with Gasteiger partial charge in [0.1, 0.15) is 11.6 Å². The summed E-state index contributed by atoms with van der Waals surface area (Å²) in [7, 11) is 0. The zero-order valence-electron chi connectivity index (χ0n) is 29.4. The van der Waals surface area contributed by atoms with Gasteiger partial charge in [-0.1, -0.05) is 20.8 Å². The van der Waals surface area contributed by atoms with E-state index in [4.69, 9.17) is 14.2 Å². The highest BCUT2D eigenvalue weighted by Crippen LogP contribution is 2.26. The van der Waals surface area contributed by atoms with Gasteiger partial charge >= 0.3 is 0 Å². The third-order valence-electron chi connectivity index (χ3n) is 7.67. The van der Waals surface area contributed by atoms with E-state index in [-0.39, 0.29) is 22.1 Å². The zero-order valence-corrected chi connectivity index (χ0v) is 29.4. The second-order valence-corrected chi connectivity index (χ2v) is 15.9. The molecule has 2 N–H and O–H groups in total. The number of nitrogens with zero attached hydrogens (tertiary/aromatic N) is 3. The van der Waals surface area contributed by atoms with Crippen LogP contribution in [0.3, 0.4) is 0 Å². The first-order valence-electron chi connectivity index (χ1n) is 16.5. The molecule has 0 bridgehead atoms. The van der Waals surface area contributed by atoms with E-state index in [1.165, 1.54) is 6.42 Å². The Balaban J connectivity index is 1.37. The van der Waals surface area contributed by atoms with Gasteiger partial charge in [0.25, 0.3) is 0 Å². The second-order valence-electron chi connectivity index (χ2n) is 15.9. The second kappa shape index (κ2) is 15.8. The molecule has 1 aromatic heterocycles. The van der Waals surface area contributed by atoms with Gasteiger partial charge in [0.2, 0.25) is 0 Å². The van der Waals surface area contributed by atoms with Gasteiger partial charge in [0.15, 0.2) is 0 Å². The lowest BCUT2D eigenvalue weighted by atomic mass is 9.91. The van der Waals surface area contributed by atoms with E-state index < -0.39 is 0 Å². The molecule has 44 heavy (non-hydrogen) atoms. The molecule has 2 heterocycles. The van der Waals surface area contributed by atoms with Crippen LogP contribution in [0.15, 0.2) is 36.7 Å². The number of ether oxygens (including phenoxy) is 3. The third kappa shape index (κ3) is 14.2. The zero-order chi connectivity index (χ0) is 32.4. The van der Waals surface area contributed by atoms with Crippen molar-refractivity contribution in [3.63, 3.8) is 0 Å². The standard InChI is InChI=1S/C36H61N5O3/c1-33(2,3)27-42-21-11-22-43-30-14-12-28(13-15-30)31-24-38-32(25-37-31)40-35(7,8)17-18-36(9,10)44-23-20-41-19-16-29(26-41)39-34(4,5)6/h12-15,24-25,29,39H,11,16-23,26-27H2,1-10H3,(H,38,40)/t29-/m0/s1. The molecule has 0 amide bonds. The van der Waals surface area contributed by atoms with Crippen LogP contribution in [0.2, 0.25) is 0 Å². The monoisotopic (exact) mass is 611 g/mol. The highest BCUT2D eigenvalue weighted by atomic mass is 16.5. The number of anilines is 1. The minimum Gasteiger partial charge on any atom is -0.494 e. The fourth-order valence-corrected chi connectivity index (χ4v) is 5.30. The lowest BCUT2D eigenvalue weighted by molar-refractivity contribution is -0.0336. The van der Waals surface area contributed by atoms with Gasteiger partial charge in [-0.15, -0.1) is 0 Å². The summed E-state index contributed by atoms with van der Waals surface area (Å²) < 4.78 is 18.0. The molecule has 0 spiro atoms. The number of aromatic nitrogens is 2. The van der Waals surface area contributed by atoms with Crippen LogP contribution in [0.4, 0.5) is 5.82 Å². The summed E-state index contributed by atoms with van der Waals surface area (Å²) in [4.78, 5) is 11.9. The van der Waals surface area contributed by atoms with Crippen LogP contribution >= 0.6 is 0 Å². The van der Waals surface area contributed by atoms with Crippen molar-refractivity contribution in [2.24, 2.45) is 5.41 Å². The number of likely N-dealkylation sites (tertiary alicyclic amines) is 1. The van der Waals surface area contributed by atoms with Crippen molar-refractivity contribution in [1.82, 2.24) is 20.2 Å². The van der Waals surface area contributed by atoms with Crippen molar-refractivity contribution in [3.05, 3.63) is 36.7 Å². The van der Waals surface area contributed by atoms with Crippen molar-refractivity contribution in [2.75, 3.05) is 51.4 Å². The SMILES string of the molecule is CC(C)(C)COCCCOc1ccc(-c2cnc(NC(C)(C)CCC(C)(C)OCCN3CC[C@H](NC(C)(C)C)C3)cn2)cc1. The van der Waals surface area contributed by atoms with Crippen LogP contribution in [-0.4, -0.2) is 83.7 Å². The van der Waals surface area contributed by atoms with E-state index in [0.29, 0.717) is 19.3 Å². The summed E-state index contributed by atoms with van der Waals surface area (Å²) in [6, 6.07) is 8.60. The van der Waals surface area contributed by atoms with E-state index in [1.54, 1.807) is 0 Å². The average molecular weight is 612 g/mol. The lowest BCUT2D eigenvalue weighted by Crippen LogP contribution is -2.45. The Kier molecular flexibility index (Phi) is 13.0. The van der Waals surface area contributed by atoms with Crippen molar-refractivity contribution >= 4 is 5.82 Å². The molecule has 0 saturated carbocycles. The van der Waals surface area contributed by atoms with Crippen molar-refractivity contribution in [1.29, 1.82) is 0 Å². The molecule has 0 radical (unpaired) electrons. The molecule has 2 aromatic rings. The largest absolute Gasteiger partial charge is 0.494 e. The molecule has 1 aromatic carbocycles. The van der Waals surface area contributed by atoms with E-state index >= 15 is 0 Å². The fourth-order valence-electron chi connectivity index (χ4n) is 5.30. The van der Waals surface area contributed by atoms with Crippen LogP contribution in [0, 0.1) is 5.41 Å². The number of hydrogen-bond acceptors (Lipinski definition) is 8. The van der Waals surface area contributed by atoms with Crippen molar-refractivity contribution in [2.45, 2.75) is 118 Å². The van der Waals surface area contributed by atoms with E-state index in [2.05, 4.69) is 94.7 Å². The van der Waals surface area contributed by atoms with Crippen molar-refractivity contribution < 1.29 is 14.2 Å². The third-order valence-corrected chi connectivity index (χ3v) is 7.67. The van der Waals surface area contributed by atoms with Gasteiger partial charge in [-0.05, 0) is 104 Å². The smallest absolute Gasteiger partial charge is 0.144 e. The minimum atomic E-state index is -0.187. The summed E-state index contributed by atoms with van der Waals surface area (Å²) >= 11 is 0. The molecule has 1 saturated heterocycles. The predicted molar refractivity (Wildman–Crippen MR) is 183 cm³/mol. The van der Waals surface area contributed by atoms with E-state index in [9.17, 15) is 0 Å². The summed E-state index contributed by atoms with van der Waals surface area (Å²) in [6.45, 7) is 28.2. The van der Waals surface area contributed by atoms with Crippen LogP contribution in [0.5, 0.6) is 5.75 Å². The fraction of sp³-hybridized carbons (Fsp3) is 0.722. The first-order chi connectivity index (χ1) is 20.5. The molecular weight excluding hydrogens is 550 g/mol. The molecule has 1 aliphatic heterocycles. The summed E-state index contributed by atoms with van der Waals surface area (Å²) in [5.41, 5.74) is 1.87. The maximum atomic E-state index is 6.36. The molecule has 248 valence electrons. The molecular formula is C36H61N5O3. The number of benzene rings is 1. The Labute approximate surface area is 268 Å². The van der Waals surface area contributed by atoms with Gasteiger partial charge in [-0.25, -0.2) is 4.98 Å². The molecule has 1 atom stereocenters. The van der Waals surface area contributed by atoms with E-state index in [0.717, 1.165) is 74.9 Å². The van der Waals surface area contributed by atoms with Crippen LogP contribution < -0.4 is 15.4 Å². The number of nitrogens with one attached hydrogen (secondary N) is 2. The minimum absolute atomic E-state index is 0.144. The Bertz CT molecular complexity index is 1100. The van der Waals surface area contributed by atoms with E-state index in [1.807, 2.05) is 36.7 Å². The number of rotatable bonds is 17. The lowest BCUT2D eigenvalue weighted by Gasteiger charge is -2.33. The normalized spacial score (nSPS) is 16.8. The predicted octanol–water partition coefficient (Wildman–Crippen LogP) is 7.20. The average Bonchev–Trinajstić information content (AvgIpc) is 3.35. The van der Waals surface area contributed by atoms with Gasteiger partial charge in [0.05, 0.1) is 43.5 Å². The van der Waals surface area contributed by atoms with Crippen LogP contribution in [0.1, 0.15) is 94.9 Å². The molecule has 1 fully saturated rings. The van der Waals surface area contributed by atoms with Gasteiger partial charge in [0, 0.05) is 48.8 Å². The summed E-state index contributed by atoms with van der Waals surface area (Å²) in [5.74, 6) is 1.63.